The van der Waals surface area contributed by atoms with Gasteiger partial charge in [-0.3, -0.25) is 0 Å². The van der Waals surface area contributed by atoms with Crippen molar-refractivity contribution in [1.82, 2.24) is 14.9 Å². The quantitative estimate of drug-likeness (QED) is 0.737. The lowest BCUT2D eigenvalue weighted by molar-refractivity contribution is -0.0255. The van der Waals surface area contributed by atoms with Gasteiger partial charge in [-0.25, -0.2) is 9.97 Å². The molecule has 0 saturated carbocycles. The van der Waals surface area contributed by atoms with Crippen molar-refractivity contribution in [1.29, 1.82) is 0 Å². The van der Waals surface area contributed by atoms with Gasteiger partial charge in [0.05, 0.1) is 12.3 Å². The van der Waals surface area contributed by atoms with Crippen LogP contribution in [0.1, 0.15) is 17.6 Å². The van der Waals surface area contributed by atoms with Gasteiger partial charge in [0.15, 0.2) is 5.82 Å². The monoisotopic (exact) mass is 208 g/mol. The first-order valence-electron chi connectivity index (χ1n) is 5.11. The summed E-state index contributed by atoms with van der Waals surface area (Å²) >= 11 is 0. The van der Waals surface area contributed by atoms with Gasteiger partial charge in [0, 0.05) is 25.8 Å². The summed E-state index contributed by atoms with van der Waals surface area (Å²) < 4.78 is 5.63. The van der Waals surface area contributed by atoms with Crippen molar-refractivity contribution in [2.24, 2.45) is 5.73 Å². The van der Waals surface area contributed by atoms with Crippen molar-refractivity contribution in [2.75, 3.05) is 26.7 Å². The smallest absolute Gasteiger partial charge is 0.158 e. The molecule has 1 aliphatic heterocycles. The van der Waals surface area contributed by atoms with Crippen LogP contribution in [0.5, 0.6) is 0 Å². The molecule has 5 heteroatoms. The van der Waals surface area contributed by atoms with Gasteiger partial charge in [-0.15, -0.1) is 0 Å². The molecule has 0 aromatic carbocycles. The molecule has 1 fully saturated rings. The Morgan fingerprint density at radius 3 is 3.27 bits per heavy atom. The molecule has 0 spiro atoms. The molecule has 15 heavy (non-hydrogen) atoms. The fraction of sp³-hybridized carbons (Fsp3) is 0.600. The first kappa shape index (κ1) is 10.5. The zero-order chi connectivity index (χ0) is 10.7. The summed E-state index contributed by atoms with van der Waals surface area (Å²) in [6, 6.07) is 1.83. The van der Waals surface area contributed by atoms with E-state index in [-0.39, 0.29) is 6.10 Å². The standard InChI is InChI=1S/C10H16N4O/c1-14-4-5-15-9(7-14)10-12-3-2-8(6-11)13-10/h2-3,9H,4-7,11H2,1H3. The van der Waals surface area contributed by atoms with E-state index in [1.807, 2.05) is 6.07 Å². The maximum atomic E-state index is 5.63. The van der Waals surface area contributed by atoms with Gasteiger partial charge in [0.1, 0.15) is 6.10 Å². The third-order valence-electron chi connectivity index (χ3n) is 2.50. The molecule has 0 amide bonds. The van der Waals surface area contributed by atoms with E-state index < -0.39 is 0 Å². The minimum Gasteiger partial charge on any atom is -0.368 e. The van der Waals surface area contributed by atoms with Crippen molar-refractivity contribution >= 4 is 0 Å². The summed E-state index contributed by atoms with van der Waals surface area (Å²) in [5.74, 6) is 0.740. The van der Waals surface area contributed by atoms with E-state index >= 15 is 0 Å². The van der Waals surface area contributed by atoms with Crippen LogP contribution in [0.3, 0.4) is 0 Å². The molecule has 0 radical (unpaired) electrons. The van der Waals surface area contributed by atoms with Gasteiger partial charge in [-0.2, -0.15) is 0 Å². The van der Waals surface area contributed by atoms with E-state index in [1.54, 1.807) is 6.20 Å². The molecular formula is C10H16N4O. The molecule has 1 aromatic heterocycles. The fourth-order valence-electron chi connectivity index (χ4n) is 1.62. The van der Waals surface area contributed by atoms with E-state index in [4.69, 9.17) is 10.5 Å². The normalized spacial score (nSPS) is 22.9. The van der Waals surface area contributed by atoms with Crippen LogP contribution >= 0.6 is 0 Å². The number of hydrogen-bond donors (Lipinski definition) is 1. The highest BCUT2D eigenvalue weighted by atomic mass is 16.5. The number of hydrogen-bond acceptors (Lipinski definition) is 5. The highest BCUT2D eigenvalue weighted by Crippen LogP contribution is 2.17. The molecule has 82 valence electrons. The number of morpholine rings is 1. The molecule has 1 aliphatic rings. The second-order valence-corrected chi connectivity index (χ2v) is 3.73. The molecule has 0 aliphatic carbocycles. The van der Waals surface area contributed by atoms with Gasteiger partial charge in [0.25, 0.3) is 0 Å². The van der Waals surface area contributed by atoms with Crippen molar-refractivity contribution in [3.8, 4) is 0 Å². The Morgan fingerprint density at radius 1 is 1.67 bits per heavy atom. The first-order valence-corrected chi connectivity index (χ1v) is 5.11. The lowest BCUT2D eigenvalue weighted by Gasteiger charge is -2.29. The SMILES string of the molecule is CN1CCOC(c2nccc(CN)n2)C1. The van der Waals surface area contributed by atoms with Crippen LogP contribution in [0.2, 0.25) is 0 Å². The van der Waals surface area contributed by atoms with Crippen LogP contribution in [-0.4, -0.2) is 41.6 Å². The van der Waals surface area contributed by atoms with E-state index in [9.17, 15) is 0 Å². The minimum atomic E-state index is -0.0183. The van der Waals surface area contributed by atoms with Crippen LogP contribution in [-0.2, 0) is 11.3 Å². The summed E-state index contributed by atoms with van der Waals surface area (Å²) in [5, 5.41) is 0. The van der Waals surface area contributed by atoms with Crippen molar-refractivity contribution in [2.45, 2.75) is 12.6 Å². The number of ether oxygens (including phenoxy) is 1. The zero-order valence-corrected chi connectivity index (χ0v) is 8.89. The highest BCUT2D eigenvalue weighted by molar-refractivity contribution is 5.04. The van der Waals surface area contributed by atoms with Crippen LogP contribution in [0.15, 0.2) is 12.3 Å². The predicted molar refractivity (Wildman–Crippen MR) is 56.1 cm³/mol. The molecule has 1 unspecified atom stereocenters. The third kappa shape index (κ3) is 2.50. The van der Waals surface area contributed by atoms with Crippen LogP contribution < -0.4 is 5.73 Å². The summed E-state index contributed by atoms with van der Waals surface area (Å²) in [5.41, 5.74) is 6.39. The number of aromatic nitrogens is 2. The zero-order valence-electron chi connectivity index (χ0n) is 8.89. The number of rotatable bonds is 2. The van der Waals surface area contributed by atoms with Crippen LogP contribution in [0.25, 0.3) is 0 Å². The van der Waals surface area contributed by atoms with Crippen molar-refractivity contribution in [3.63, 3.8) is 0 Å². The Hall–Kier alpha value is -1.04. The lowest BCUT2D eigenvalue weighted by atomic mass is 10.2. The van der Waals surface area contributed by atoms with Crippen LogP contribution in [0, 0.1) is 0 Å². The second kappa shape index (κ2) is 4.65. The molecule has 5 nitrogen and oxygen atoms in total. The molecule has 2 N–H and O–H groups in total. The van der Waals surface area contributed by atoms with E-state index in [1.165, 1.54) is 0 Å². The van der Waals surface area contributed by atoms with Gasteiger partial charge in [-0.05, 0) is 13.1 Å². The van der Waals surface area contributed by atoms with E-state index in [0.29, 0.717) is 6.54 Å². The average molecular weight is 208 g/mol. The highest BCUT2D eigenvalue weighted by Gasteiger charge is 2.21. The molecule has 0 bridgehead atoms. The molecule has 1 saturated heterocycles. The predicted octanol–water partition coefficient (Wildman–Crippen LogP) is -0.0616. The van der Waals surface area contributed by atoms with Crippen LogP contribution in [0.4, 0.5) is 0 Å². The largest absolute Gasteiger partial charge is 0.368 e. The topological polar surface area (TPSA) is 64.3 Å². The molecule has 2 rings (SSSR count). The van der Waals surface area contributed by atoms with E-state index in [0.717, 1.165) is 31.2 Å². The van der Waals surface area contributed by atoms with E-state index in [2.05, 4.69) is 21.9 Å². The van der Waals surface area contributed by atoms with Gasteiger partial charge in [0.2, 0.25) is 0 Å². The lowest BCUT2D eigenvalue weighted by Crippen LogP contribution is -2.36. The second-order valence-electron chi connectivity index (χ2n) is 3.73. The first-order chi connectivity index (χ1) is 7.29. The summed E-state index contributed by atoms with van der Waals surface area (Å²) in [4.78, 5) is 10.8. The molecular weight excluding hydrogens is 192 g/mol. The number of likely N-dealkylation sites (N-methyl/N-ethyl adjacent to an activating group) is 1. The fourth-order valence-corrected chi connectivity index (χ4v) is 1.62. The number of nitrogens with zero attached hydrogens (tertiary/aromatic N) is 3. The Morgan fingerprint density at radius 2 is 2.53 bits per heavy atom. The average Bonchev–Trinajstić information content (AvgIpc) is 2.29. The van der Waals surface area contributed by atoms with Gasteiger partial charge >= 0.3 is 0 Å². The van der Waals surface area contributed by atoms with Crippen molar-refractivity contribution in [3.05, 3.63) is 23.8 Å². The van der Waals surface area contributed by atoms with Crippen molar-refractivity contribution < 1.29 is 4.74 Å². The third-order valence-corrected chi connectivity index (χ3v) is 2.50. The maximum absolute atomic E-state index is 5.63. The molecule has 1 aromatic rings. The Balaban J connectivity index is 2.13. The molecule has 2 heterocycles. The Bertz CT molecular complexity index is 331. The van der Waals surface area contributed by atoms with Gasteiger partial charge < -0.3 is 15.4 Å². The maximum Gasteiger partial charge on any atom is 0.158 e. The Kier molecular flexibility index (Phi) is 3.25. The summed E-state index contributed by atoms with van der Waals surface area (Å²) in [6.07, 6.45) is 1.72. The summed E-state index contributed by atoms with van der Waals surface area (Å²) in [7, 11) is 2.07. The molecule has 1 atom stereocenters. The Labute approximate surface area is 89.3 Å². The summed E-state index contributed by atoms with van der Waals surface area (Å²) in [6.45, 7) is 2.98. The minimum absolute atomic E-state index is 0.0183. The van der Waals surface area contributed by atoms with Gasteiger partial charge in [-0.1, -0.05) is 0 Å². The number of nitrogens with two attached hydrogens (primary N) is 1.